The number of carbonyl (C=O) groups excluding carboxylic acids is 2. The molecule has 0 N–H and O–H groups in total. The van der Waals surface area contributed by atoms with Crippen molar-refractivity contribution in [3.63, 3.8) is 0 Å². The number of para-hydroxylation sites is 2. The molecular weight excluding hydrogens is 400 g/mol. The van der Waals surface area contributed by atoms with E-state index >= 15 is 0 Å². The van der Waals surface area contributed by atoms with Crippen LogP contribution >= 0.6 is 0 Å². The summed E-state index contributed by atoms with van der Waals surface area (Å²) < 4.78 is 12.2. The summed E-state index contributed by atoms with van der Waals surface area (Å²) in [5, 5.41) is 11.0. The Hall–Kier alpha value is -3.94. The molecule has 0 saturated carbocycles. The number of aromatic nitrogens is 1. The molecule has 0 atom stereocenters. The van der Waals surface area contributed by atoms with Crippen LogP contribution in [-0.4, -0.2) is 34.5 Å². The molecule has 3 aromatic rings. The van der Waals surface area contributed by atoms with E-state index in [9.17, 15) is 19.7 Å². The number of nitro benzene ring substituents is 1. The minimum absolute atomic E-state index is 0.0414. The Morgan fingerprint density at radius 1 is 1.00 bits per heavy atom. The lowest BCUT2D eigenvalue weighted by Crippen LogP contribution is -2.20. The highest BCUT2D eigenvalue weighted by molar-refractivity contribution is 5.99. The summed E-state index contributed by atoms with van der Waals surface area (Å²) in [5.41, 5.74) is 3.06. The molecule has 1 aromatic heterocycles. The van der Waals surface area contributed by atoms with Crippen LogP contribution in [0.3, 0.4) is 0 Å². The minimum Gasteiger partial charge on any atom is -0.475 e. The van der Waals surface area contributed by atoms with Crippen LogP contribution in [0.15, 0.2) is 60.7 Å². The molecule has 3 rings (SSSR count). The van der Waals surface area contributed by atoms with Gasteiger partial charge >= 0.3 is 11.7 Å². The maximum atomic E-state index is 12.6. The van der Waals surface area contributed by atoms with E-state index in [-0.39, 0.29) is 17.2 Å². The average Bonchev–Trinajstić information content (AvgIpc) is 3.05. The largest absolute Gasteiger partial charge is 0.475 e. The number of hydrogen-bond donors (Lipinski definition) is 0. The Kier molecular flexibility index (Phi) is 6.81. The fraction of sp³-hybridized carbons (Fsp3) is 0.217. The number of Topliss-reactive ketones (excluding diaryl/α,β-unsaturated/α-hetero) is 1. The van der Waals surface area contributed by atoms with Gasteiger partial charge in [0.25, 0.3) is 0 Å². The lowest BCUT2D eigenvalue weighted by Gasteiger charge is -2.10. The molecule has 1 heterocycles. The summed E-state index contributed by atoms with van der Waals surface area (Å²) in [4.78, 5) is 34.9. The first-order valence-corrected chi connectivity index (χ1v) is 9.62. The van der Waals surface area contributed by atoms with Gasteiger partial charge in [-0.3, -0.25) is 14.9 Å². The molecule has 0 fully saturated rings. The minimum atomic E-state index is -0.787. The molecule has 0 aliphatic heterocycles. The molecule has 0 amide bonds. The van der Waals surface area contributed by atoms with Crippen molar-refractivity contribution in [2.75, 3.05) is 13.2 Å². The van der Waals surface area contributed by atoms with Crippen LogP contribution in [0.25, 0.3) is 0 Å². The number of aryl methyl sites for hydroxylation is 1. The SMILES string of the molecule is Cc1cc(C(=O)COC(=O)COc2ccccc2[N+](=O)[O-])c(C)n1Cc1ccccc1. The zero-order chi connectivity index (χ0) is 22.4. The zero-order valence-electron chi connectivity index (χ0n) is 17.2. The Labute approximate surface area is 179 Å². The van der Waals surface area contributed by atoms with E-state index in [0.717, 1.165) is 17.0 Å². The highest BCUT2D eigenvalue weighted by atomic mass is 16.6. The van der Waals surface area contributed by atoms with E-state index in [1.165, 1.54) is 18.2 Å². The normalized spacial score (nSPS) is 10.5. The molecule has 8 heteroatoms. The lowest BCUT2D eigenvalue weighted by molar-refractivity contribution is -0.385. The summed E-state index contributed by atoms with van der Waals surface area (Å²) in [7, 11) is 0. The third kappa shape index (κ3) is 5.36. The lowest BCUT2D eigenvalue weighted by atomic mass is 10.1. The summed E-state index contributed by atoms with van der Waals surface area (Å²) in [6, 6.07) is 17.4. The second-order valence-electron chi connectivity index (χ2n) is 6.95. The van der Waals surface area contributed by atoms with Crippen LogP contribution in [0.5, 0.6) is 5.75 Å². The summed E-state index contributed by atoms with van der Waals surface area (Å²) in [5.74, 6) is -1.16. The molecular formula is C23H22N2O6. The van der Waals surface area contributed by atoms with Gasteiger partial charge in [-0.05, 0) is 31.5 Å². The van der Waals surface area contributed by atoms with E-state index in [4.69, 9.17) is 9.47 Å². The highest BCUT2D eigenvalue weighted by Gasteiger charge is 2.19. The molecule has 0 spiro atoms. The van der Waals surface area contributed by atoms with Crippen LogP contribution in [0, 0.1) is 24.0 Å². The predicted octanol–water partition coefficient (Wildman–Crippen LogP) is 3.87. The van der Waals surface area contributed by atoms with Crippen LogP contribution in [0.4, 0.5) is 5.69 Å². The van der Waals surface area contributed by atoms with Gasteiger partial charge in [0.05, 0.1) is 4.92 Å². The number of esters is 1. The maximum absolute atomic E-state index is 12.6. The molecule has 0 bridgehead atoms. The Balaban J connectivity index is 1.58. The topological polar surface area (TPSA) is 101 Å². The molecule has 2 aromatic carbocycles. The standard InChI is InChI=1S/C23H22N2O6/c1-16-12-19(17(2)24(16)13-18-8-4-3-5-9-18)21(26)14-31-23(27)15-30-22-11-7-6-10-20(22)25(28)29/h3-12H,13-15H2,1-2H3. The molecule has 0 aliphatic rings. The fourth-order valence-electron chi connectivity index (χ4n) is 3.22. The summed E-state index contributed by atoms with van der Waals surface area (Å²) >= 11 is 0. The molecule has 31 heavy (non-hydrogen) atoms. The van der Waals surface area contributed by atoms with Crippen molar-refractivity contribution in [2.24, 2.45) is 0 Å². The molecule has 8 nitrogen and oxygen atoms in total. The van der Waals surface area contributed by atoms with Gasteiger partial charge in [-0.25, -0.2) is 4.79 Å². The first-order valence-electron chi connectivity index (χ1n) is 9.62. The van der Waals surface area contributed by atoms with Crippen LogP contribution in [0.2, 0.25) is 0 Å². The molecule has 0 radical (unpaired) electrons. The van der Waals surface area contributed by atoms with Gasteiger partial charge in [-0.15, -0.1) is 0 Å². The number of ether oxygens (including phenoxy) is 2. The predicted molar refractivity (Wildman–Crippen MR) is 113 cm³/mol. The van der Waals surface area contributed by atoms with Crippen LogP contribution in [0.1, 0.15) is 27.3 Å². The number of nitrogens with zero attached hydrogens (tertiary/aromatic N) is 2. The average molecular weight is 422 g/mol. The first-order chi connectivity index (χ1) is 14.9. The van der Waals surface area contributed by atoms with Crippen molar-refractivity contribution >= 4 is 17.4 Å². The highest BCUT2D eigenvalue weighted by Crippen LogP contribution is 2.25. The van der Waals surface area contributed by atoms with E-state index in [1.54, 1.807) is 12.1 Å². The molecule has 0 aliphatic carbocycles. The van der Waals surface area contributed by atoms with Gasteiger partial charge in [0.1, 0.15) is 0 Å². The third-order valence-corrected chi connectivity index (χ3v) is 4.83. The summed E-state index contributed by atoms with van der Waals surface area (Å²) in [6.45, 7) is 3.43. The van der Waals surface area contributed by atoms with E-state index in [1.807, 2.05) is 48.7 Å². The number of rotatable bonds is 9. The van der Waals surface area contributed by atoms with Crippen molar-refractivity contribution in [1.29, 1.82) is 0 Å². The number of ketones is 1. The number of hydrogen-bond acceptors (Lipinski definition) is 6. The van der Waals surface area contributed by atoms with Crippen LogP contribution in [-0.2, 0) is 16.1 Å². The van der Waals surface area contributed by atoms with Gasteiger partial charge < -0.3 is 14.0 Å². The van der Waals surface area contributed by atoms with E-state index in [2.05, 4.69) is 0 Å². The van der Waals surface area contributed by atoms with Crippen molar-refractivity contribution in [3.05, 3.63) is 93.3 Å². The second-order valence-corrected chi connectivity index (χ2v) is 6.95. The fourth-order valence-corrected chi connectivity index (χ4v) is 3.22. The smallest absolute Gasteiger partial charge is 0.344 e. The molecule has 0 unspecified atom stereocenters. The first kappa shape index (κ1) is 21.8. The number of nitro groups is 1. The Morgan fingerprint density at radius 3 is 2.39 bits per heavy atom. The molecule has 160 valence electrons. The number of benzene rings is 2. The Bertz CT molecular complexity index is 1100. The monoisotopic (exact) mass is 422 g/mol. The van der Waals surface area contributed by atoms with Crippen molar-refractivity contribution in [2.45, 2.75) is 20.4 Å². The third-order valence-electron chi connectivity index (χ3n) is 4.83. The number of carbonyl (C=O) groups is 2. The summed E-state index contributed by atoms with van der Waals surface area (Å²) in [6.07, 6.45) is 0. The van der Waals surface area contributed by atoms with Crippen molar-refractivity contribution in [1.82, 2.24) is 4.57 Å². The Morgan fingerprint density at radius 2 is 1.68 bits per heavy atom. The van der Waals surface area contributed by atoms with E-state index in [0.29, 0.717) is 12.1 Å². The second kappa shape index (κ2) is 9.71. The zero-order valence-corrected chi connectivity index (χ0v) is 17.2. The van der Waals surface area contributed by atoms with Gasteiger partial charge in [0.15, 0.2) is 19.0 Å². The van der Waals surface area contributed by atoms with E-state index < -0.39 is 24.1 Å². The van der Waals surface area contributed by atoms with Gasteiger partial charge in [-0.1, -0.05) is 42.5 Å². The molecule has 0 saturated heterocycles. The maximum Gasteiger partial charge on any atom is 0.344 e. The van der Waals surface area contributed by atoms with Gasteiger partial charge in [0, 0.05) is 29.6 Å². The van der Waals surface area contributed by atoms with Crippen molar-refractivity contribution in [3.8, 4) is 5.75 Å². The van der Waals surface area contributed by atoms with Crippen molar-refractivity contribution < 1.29 is 24.0 Å². The van der Waals surface area contributed by atoms with Crippen LogP contribution < -0.4 is 4.74 Å². The van der Waals surface area contributed by atoms with Gasteiger partial charge in [0.2, 0.25) is 5.78 Å². The van der Waals surface area contributed by atoms with Gasteiger partial charge in [-0.2, -0.15) is 0 Å². The quantitative estimate of drug-likeness (QED) is 0.225.